The molecule has 0 heterocycles. The van der Waals surface area contributed by atoms with Gasteiger partial charge in [-0.1, -0.05) is 32.6 Å². The van der Waals surface area contributed by atoms with E-state index in [1.165, 1.54) is 19.3 Å². The summed E-state index contributed by atoms with van der Waals surface area (Å²) in [7, 11) is 0. The van der Waals surface area contributed by atoms with Crippen LogP contribution in [0.2, 0.25) is 0 Å². The summed E-state index contributed by atoms with van der Waals surface area (Å²) in [5, 5.41) is 0. The van der Waals surface area contributed by atoms with Crippen LogP contribution in [0.3, 0.4) is 0 Å². The van der Waals surface area contributed by atoms with E-state index in [9.17, 15) is 9.59 Å². The van der Waals surface area contributed by atoms with Gasteiger partial charge >= 0.3 is 0 Å². The SMILES string of the molecule is CC(=O)C1CCCCC1.CCCCOC=O. The van der Waals surface area contributed by atoms with Crippen molar-refractivity contribution < 1.29 is 14.3 Å². The van der Waals surface area contributed by atoms with E-state index in [4.69, 9.17) is 0 Å². The van der Waals surface area contributed by atoms with Crippen LogP contribution in [0.25, 0.3) is 0 Å². The molecule has 0 N–H and O–H groups in total. The number of ether oxygens (including phenoxy) is 1. The lowest BCUT2D eigenvalue weighted by molar-refractivity contribution is -0.128. The Kier molecular flexibility index (Phi) is 10.1. The molecule has 0 unspecified atom stereocenters. The molecule has 0 bridgehead atoms. The molecule has 0 aromatic rings. The maximum Gasteiger partial charge on any atom is 0.293 e. The normalized spacial score (nSPS) is 15.9. The number of rotatable bonds is 5. The molecule has 1 aliphatic carbocycles. The minimum Gasteiger partial charge on any atom is -0.468 e. The second-order valence-corrected chi connectivity index (χ2v) is 4.27. The van der Waals surface area contributed by atoms with E-state index in [0.29, 0.717) is 24.8 Å². The zero-order valence-corrected chi connectivity index (χ0v) is 10.5. The van der Waals surface area contributed by atoms with E-state index >= 15 is 0 Å². The van der Waals surface area contributed by atoms with Gasteiger partial charge in [-0.25, -0.2) is 0 Å². The summed E-state index contributed by atoms with van der Waals surface area (Å²) < 4.78 is 4.39. The van der Waals surface area contributed by atoms with E-state index in [1.807, 2.05) is 6.92 Å². The van der Waals surface area contributed by atoms with Crippen molar-refractivity contribution in [3.05, 3.63) is 0 Å². The Bertz CT molecular complexity index is 184. The lowest BCUT2D eigenvalue weighted by Gasteiger charge is -2.17. The molecule has 0 atom stereocenters. The molecule has 94 valence electrons. The van der Waals surface area contributed by atoms with Gasteiger partial charge in [-0.3, -0.25) is 9.59 Å². The summed E-state index contributed by atoms with van der Waals surface area (Å²) in [6, 6.07) is 0. The Hall–Kier alpha value is -0.860. The summed E-state index contributed by atoms with van der Waals surface area (Å²) in [5.41, 5.74) is 0. The highest BCUT2D eigenvalue weighted by Gasteiger charge is 2.16. The van der Waals surface area contributed by atoms with Crippen molar-refractivity contribution in [2.24, 2.45) is 5.92 Å². The Balaban J connectivity index is 0.000000293. The lowest BCUT2D eigenvalue weighted by atomic mass is 9.87. The monoisotopic (exact) mass is 228 g/mol. The zero-order valence-electron chi connectivity index (χ0n) is 10.5. The van der Waals surface area contributed by atoms with Crippen LogP contribution in [0.4, 0.5) is 0 Å². The van der Waals surface area contributed by atoms with Crippen LogP contribution >= 0.6 is 0 Å². The molecular weight excluding hydrogens is 204 g/mol. The molecule has 0 aliphatic heterocycles. The molecule has 1 rings (SSSR count). The van der Waals surface area contributed by atoms with Crippen molar-refractivity contribution in [2.45, 2.75) is 58.8 Å². The molecule has 3 heteroatoms. The number of unbranched alkanes of at least 4 members (excludes halogenated alkanes) is 1. The predicted molar refractivity (Wildman–Crippen MR) is 64.2 cm³/mol. The molecule has 0 spiro atoms. The molecule has 0 aromatic carbocycles. The number of carbonyl (C=O) groups is 2. The summed E-state index contributed by atoms with van der Waals surface area (Å²) in [6.45, 7) is 4.82. The minimum atomic E-state index is 0.398. The van der Waals surface area contributed by atoms with E-state index in [1.54, 1.807) is 6.92 Å². The lowest BCUT2D eigenvalue weighted by Crippen LogP contribution is -2.13. The Morgan fingerprint density at radius 2 is 1.94 bits per heavy atom. The van der Waals surface area contributed by atoms with Crippen molar-refractivity contribution in [1.29, 1.82) is 0 Å². The third-order valence-corrected chi connectivity index (χ3v) is 2.86. The summed E-state index contributed by atoms with van der Waals surface area (Å²) >= 11 is 0. The topological polar surface area (TPSA) is 43.4 Å². The average molecular weight is 228 g/mol. The molecule has 16 heavy (non-hydrogen) atoms. The Morgan fingerprint density at radius 1 is 1.31 bits per heavy atom. The zero-order chi connectivity index (χ0) is 12.2. The number of hydrogen-bond acceptors (Lipinski definition) is 3. The minimum absolute atomic E-state index is 0.398. The van der Waals surface area contributed by atoms with Gasteiger partial charge in [-0.15, -0.1) is 0 Å². The van der Waals surface area contributed by atoms with Gasteiger partial charge in [-0.05, 0) is 26.2 Å². The maximum atomic E-state index is 10.8. The van der Waals surface area contributed by atoms with Gasteiger partial charge in [0.1, 0.15) is 5.78 Å². The molecular formula is C13H24O3. The van der Waals surface area contributed by atoms with Crippen molar-refractivity contribution >= 4 is 12.3 Å². The fraction of sp³-hybridized carbons (Fsp3) is 0.846. The Morgan fingerprint density at radius 3 is 2.31 bits per heavy atom. The van der Waals surface area contributed by atoms with Crippen LogP contribution in [0.15, 0.2) is 0 Å². The standard InChI is InChI=1S/C8H14O.C5H10O2/c1-7(9)8-5-3-2-4-6-8;1-2-3-4-7-5-6/h8H,2-6H2,1H3;5H,2-4H2,1H3. The van der Waals surface area contributed by atoms with Gasteiger partial charge in [-0.2, -0.15) is 0 Å². The van der Waals surface area contributed by atoms with E-state index in [2.05, 4.69) is 4.74 Å². The van der Waals surface area contributed by atoms with Crippen LogP contribution < -0.4 is 0 Å². The number of ketones is 1. The molecule has 1 saturated carbocycles. The second-order valence-electron chi connectivity index (χ2n) is 4.27. The first-order valence-electron chi connectivity index (χ1n) is 6.28. The van der Waals surface area contributed by atoms with Crippen LogP contribution in [0, 0.1) is 5.92 Å². The molecule has 0 radical (unpaired) electrons. The van der Waals surface area contributed by atoms with Crippen LogP contribution in [0.1, 0.15) is 58.8 Å². The maximum absolute atomic E-state index is 10.8. The third kappa shape index (κ3) is 8.45. The molecule has 0 saturated heterocycles. The largest absolute Gasteiger partial charge is 0.468 e. The molecule has 1 fully saturated rings. The quantitative estimate of drug-likeness (QED) is 0.536. The van der Waals surface area contributed by atoms with E-state index in [-0.39, 0.29) is 0 Å². The van der Waals surface area contributed by atoms with Crippen LogP contribution in [-0.4, -0.2) is 18.9 Å². The molecule has 0 aromatic heterocycles. The fourth-order valence-electron chi connectivity index (χ4n) is 1.78. The van der Waals surface area contributed by atoms with Gasteiger partial charge in [0.25, 0.3) is 6.47 Å². The van der Waals surface area contributed by atoms with Gasteiger partial charge in [0.15, 0.2) is 0 Å². The molecule has 0 amide bonds. The summed E-state index contributed by atoms with van der Waals surface area (Å²) in [6.07, 6.45) is 8.22. The van der Waals surface area contributed by atoms with Gasteiger partial charge in [0.05, 0.1) is 6.61 Å². The summed E-state index contributed by atoms with van der Waals surface area (Å²) in [4.78, 5) is 20.3. The highest BCUT2D eigenvalue weighted by molar-refractivity contribution is 5.78. The molecule has 3 nitrogen and oxygen atoms in total. The smallest absolute Gasteiger partial charge is 0.293 e. The second kappa shape index (κ2) is 10.7. The highest BCUT2D eigenvalue weighted by Crippen LogP contribution is 2.23. The number of hydrogen-bond donors (Lipinski definition) is 0. The highest BCUT2D eigenvalue weighted by atomic mass is 16.5. The van der Waals surface area contributed by atoms with Gasteiger partial charge in [0.2, 0.25) is 0 Å². The van der Waals surface area contributed by atoms with Crippen LogP contribution in [-0.2, 0) is 14.3 Å². The number of carbonyl (C=O) groups excluding carboxylic acids is 2. The van der Waals surface area contributed by atoms with Gasteiger partial charge in [0, 0.05) is 5.92 Å². The molecule has 1 aliphatic rings. The summed E-state index contributed by atoms with van der Waals surface area (Å²) in [5.74, 6) is 0.813. The first-order valence-corrected chi connectivity index (χ1v) is 6.28. The van der Waals surface area contributed by atoms with Crippen molar-refractivity contribution in [2.75, 3.05) is 6.61 Å². The first kappa shape index (κ1) is 15.1. The van der Waals surface area contributed by atoms with Crippen LogP contribution in [0.5, 0.6) is 0 Å². The van der Waals surface area contributed by atoms with E-state index < -0.39 is 0 Å². The Labute approximate surface area is 98.6 Å². The van der Waals surface area contributed by atoms with Crippen molar-refractivity contribution in [1.82, 2.24) is 0 Å². The fourth-order valence-corrected chi connectivity index (χ4v) is 1.78. The van der Waals surface area contributed by atoms with Crippen molar-refractivity contribution in [3.63, 3.8) is 0 Å². The average Bonchev–Trinajstić information content (AvgIpc) is 2.32. The first-order chi connectivity index (χ1) is 7.72. The van der Waals surface area contributed by atoms with Gasteiger partial charge < -0.3 is 4.74 Å². The van der Waals surface area contributed by atoms with Crippen molar-refractivity contribution in [3.8, 4) is 0 Å². The number of Topliss-reactive ketones (excluding diaryl/α,β-unsaturated/α-hetero) is 1. The predicted octanol–water partition coefficient (Wildman–Crippen LogP) is 3.12. The third-order valence-electron chi connectivity index (χ3n) is 2.86. The van der Waals surface area contributed by atoms with E-state index in [0.717, 1.165) is 25.7 Å².